The molecule has 4 rings (SSSR count). The predicted octanol–water partition coefficient (Wildman–Crippen LogP) is 1.99. The molecule has 1 aromatic rings. The number of carboxylic acids is 2. The highest BCUT2D eigenvalue weighted by atomic mass is 35.5. The lowest BCUT2D eigenvalue weighted by molar-refractivity contribution is -0.165. The highest BCUT2D eigenvalue weighted by Crippen LogP contribution is 2.36. The Hall–Kier alpha value is -1.46. The molecule has 0 aliphatic carbocycles. The predicted molar refractivity (Wildman–Crippen MR) is 126 cm³/mol. The fraction of sp³-hybridized carbons (Fsp3) is 0.652. The van der Waals surface area contributed by atoms with Crippen molar-refractivity contribution in [1.29, 1.82) is 0 Å². The van der Waals surface area contributed by atoms with Crippen LogP contribution in [0.25, 0.3) is 0 Å². The molecule has 3 aliphatic heterocycles. The molecule has 0 amide bonds. The van der Waals surface area contributed by atoms with Gasteiger partial charge < -0.3 is 30.5 Å². The monoisotopic (exact) mass is 518 g/mol. The maximum absolute atomic E-state index is 9.77. The van der Waals surface area contributed by atoms with E-state index in [2.05, 4.69) is 16.3 Å². The molecule has 3 aliphatic rings. The number of benzene rings is 1. The summed E-state index contributed by atoms with van der Waals surface area (Å²) in [5, 5.41) is 37.5. The largest absolute Gasteiger partial charge is 0.479 e. The third kappa shape index (κ3) is 7.52. The Kier molecular flexibility index (Phi) is 9.96. The van der Waals surface area contributed by atoms with E-state index in [9.17, 15) is 9.59 Å². The van der Waals surface area contributed by atoms with Crippen LogP contribution in [0.2, 0.25) is 10.0 Å². The number of aliphatic hydroxyl groups excluding tert-OH is 2. The molecule has 5 N–H and O–H groups in total. The van der Waals surface area contributed by atoms with Gasteiger partial charge in [-0.25, -0.2) is 9.59 Å². The lowest BCUT2D eigenvalue weighted by Gasteiger charge is -2.38. The number of carboxylic acid groups (broad SMARTS) is 2. The van der Waals surface area contributed by atoms with Gasteiger partial charge in [0.25, 0.3) is 0 Å². The zero-order valence-corrected chi connectivity index (χ0v) is 20.3. The Morgan fingerprint density at radius 1 is 1.06 bits per heavy atom. The van der Waals surface area contributed by atoms with Crippen LogP contribution in [-0.4, -0.2) is 87.4 Å². The normalized spacial score (nSPS) is 27.7. The van der Waals surface area contributed by atoms with Gasteiger partial charge in [-0.1, -0.05) is 29.3 Å². The highest BCUT2D eigenvalue weighted by molar-refractivity contribution is 6.35. The topological polar surface area (TPSA) is 140 Å². The van der Waals surface area contributed by atoms with Crippen LogP contribution in [-0.2, 0) is 20.9 Å². The second-order valence-electron chi connectivity index (χ2n) is 9.17. The Bertz CT molecular complexity index is 823. The van der Waals surface area contributed by atoms with Crippen LogP contribution in [0.4, 0.5) is 0 Å². The van der Waals surface area contributed by atoms with Crippen LogP contribution in [0.3, 0.4) is 0 Å². The first-order valence-electron chi connectivity index (χ1n) is 11.5. The number of ether oxygens (including phenoxy) is 1. The summed E-state index contributed by atoms with van der Waals surface area (Å²) >= 11 is 12.5. The average molecular weight is 519 g/mol. The summed E-state index contributed by atoms with van der Waals surface area (Å²) < 4.78 is 6.05. The zero-order chi connectivity index (χ0) is 24.8. The number of hydrogen-bond acceptors (Lipinski definition) is 7. The molecular formula is C23H32Cl2N2O7. The molecule has 6 atom stereocenters. The Morgan fingerprint density at radius 2 is 1.68 bits per heavy atom. The number of carbonyl (C=O) groups is 2. The molecule has 0 aromatic heterocycles. The number of aliphatic carboxylic acids is 2. The third-order valence-corrected chi connectivity index (χ3v) is 7.22. The second-order valence-corrected chi connectivity index (χ2v) is 10.0. The summed E-state index contributed by atoms with van der Waals surface area (Å²) in [6.45, 7) is 4.35. The van der Waals surface area contributed by atoms with Gasteiger partial charge in [0.05, 0.1) is 12.2 Å². The van der Waals surface area contributed by atoms with Gasteiger partial charge >= 0.3 is 11.9 Å². The first-order valence-corrected chi connectivity index (χ1v) is 12.3. The number of hydrogen-bond donors (Lipinski definition) is 5. The van der Waals surface area contributed by atoms with Crippen LogP contribution in [0, 0.1) is 5.92 Å². The van der Waals surface area contributed by atoms with Gasteiger partial charge in [0.2, 0.25) is 0 Å². The number of rotatable bonds is 8. The van der Waals surface area contributed by atoms with E-state index in [1.54, 1.807) is 0 Å². The van der Waals surface area contributed by atoms with Crippen molar-refractivity contribution in [2.75, 3.05) is 19.6 Å². The average Bonchev–Trinajstić information content (AvgIpc) is 3.43. The van der Waals surface area contributed by atoms with Crippen molar-refractivity contribution in [3.63, 3.8) is 0 Å². The molecule has 0 spiro atoms. The minimum atomic E-state index is -2.27. The molecule has 2 bridgehead atoms. The highest BCUT2D eigenvalue weighted by Gasteiger charge is 2.38. The maximum Gasteiger partial charge on any atom is 0.335 e. The minimum Gasteiger partial charge on any atom is -0.479 e. The van der Waals surface area contributed by atoms with Crippen molar-refractivity contribution >= 4 is 35.1 Å². The molecule has 11 heteroatoms. The van der Waals surface area contributed by atoms with Crippen LogP contribution in [0.15, 0.2) is 18.2 Å². The molecule has 3 fully saturated rings. The molecule has 3 heterocycles. The first kappa shape index (κ1) is 27.1. The quantitative estimate of drug-likeness (QED) is 0.349. The van der Waals surface area contributed by atoms with E-state index in [0.717, 1.165) is 37.1 Å². The van der Waals surface area contributed by atoms with Crippen molar-refractivity contribution in [3.8, 4) is 0 Å². The fourth-order valence-electron chi connectivity index (χ4n) is 4.81. The van der Waals surface area contributed by atoms with Crippen LogP contribution >= 0.6 is 23.2 Å². The van der Waals surface area contributed by atoms with Crippen LogP contribution in [0.5, 0.6) is 0 Å². The lowest BCUT2D eigenvalue weighted by Crippen LogP contribution is -2.44. The van der Waals surface area contributed by atoms with E-state index >= 15 is 0 Å². The van der Waals surface area contributed by atoms with Gasteiger partial charge in [-0.3, -0.25) is 4.90 Å². The molecule has 1 aromatic carbocycles. The fourth-order valence-corrected chi connectivity index (χ4v) is 5.28. The summed E-state index contributed by atoms with van der Waals surface area (Å²) in [6.07, 6.45) is 2.50. The SMILES string of the molecule is Clc1ccc(CN(C[C@@H]2CCNC2)C2C[C@H]3CC[C@@H](C2)O3)c(Cl)c1.O=C(O)C(O)C(O)C(=O)O. The molecule has 190 valence electrons. The summed E-state index contributed by atoms with van der Waals surface area (Å²) in [5.41, 5.74) is 1.19. The smallest absolute Gasteiger partial charge is 0.335 e. The second kappa shape index (κ2) is 12.5. The summed E-state index contributed by atoms with van der Waals surface area (Å²) in [6, 6.07) is 6.51. The summed E-state index contributed by atoms with van der Waals surface area (Å²) in [5.74, 6) is -2.79. The molecule has 3 saturated heterocycles. The molecule has 9 nitrogen and oxygen atoms in total. The maximum atomic E-state index is 9.77. The van der Waals surface area contributed by atoms with Gasteiger partial charge in [0, 0.05) is 29.2 Å². The van der Waals surface area contributed by atoms with E-state index < -0.39 is 24.1 Å². The number of fused-ring (bicyclic) bond motifs is 2. The van der Waals surface area contributed by atoms with E-state index in [-0.39, 0.29) is 0 Å². The number of nitrogens with one attached hydrogen (secondary N) is 1. The van der Waals surface area contributed by atoms with Crippen molar-refractivity contribution < 1.29 is 34.8 Å². The van der Waals surface area contributed by atoms with E-state index in [4.69, 9.17) is 48.4 Å². The Balaban J connectivity index is 0.000000277. The van der Waals surface area contributed by atoms with Crippen molar-refractivity contribution in [1.82, 2.24) is 10.2 Å². The van der Waals surface area contributed by atoms with E-state index in [1.165, 1.54) is 37.7 Å². The number of halogens is 2. The van der Waals surface area contributed by atoms with Gasteiger partial charge in [-0.05, 0) is 68.8 Å². The Morgan fingerprint density at radius 3 is 2.18 bits per heavy atom. The molecule has 0 saturated carbocycles. The van der Waals surface area contributed by atoms with Gasteiger partial charge in [-0.2, -0.15) is 0 Å². The Labute approximate surface area is 208 Å². The third-order valence-electron chi connectivity index (χ3n) is 6.63. The van der Waals surface area contributed by atoms with Crippen LogP contribution < -0.4 is 5.32 Å². The zero-order valence-electron chi connectivity index (χ0n) is 18.8. The first-order chi connectivity index (χ1) is 16.1. The number of nitrogens with zero attached hydrogens (tertiary/aromatic N) is 1. The van der Waals surface area contributed by atoms with Gasteiger partial charge in [0.15, 0.2) is 12.2 Å². The molecule has 0 radical (unpaired) electrons. The lowest BCUT2D eigenvalue weighted by atomic mass is 9.98. The summed E-state index contributed by atoms with van der Waals surface area (Å²) in [7, 11) is 0. The molecular weight excluding hydrogens is 487 g/mol. The van der Waals surface area contributed by atoms with Crippen molar-refractivity contribution in [2.45, 2.75) is 69.1 Å². The van der Waals surface area contributed by atoms with Crippen molar-refractivity contribution in [2.24, 2.45) is 5.92 Å². The van der Waals surface area contributed by atoms with Gasteiger partial charge in [0.1, 0.15) is 0 Å². The summed E-state index contributed by atoms with van der Waals surface area (Å²) in [4.78, 5) is 22.2. The molecule has 3 unspecified atom stereocenters. The number of aliphatic hydroxyl groups is 2. The van der Waals surface area contributed by atoms with E-state index in [1.807, 2.05) is 12.1 Å². The molecule has 34 heavy (non-hydrogen) atoms. The van der Waals surface area contributed by atoms with E-state index in [0.29, 0.717) is 23.3 Å². The minimum absolute atomic E-state index is 0.471. The van der Waals surface area contributed by atoms with Crippen molar-refractivity contribution in [3.05, 3.63) is 33.8 Å². The standard InChI is InChI=1S/C19H26Cl2N2O.C4H6O6/c20-15-2-1-14(19(21)7-15)12-23(11-13-5-6-22-10-13)16-8-17-3-4-18(9-16)24-17;5-1(3(7)8)2(6)4(9)10/h1-2,7,13,16-18,22H,3-6,8-12H2;1-2,5-6H,(H,7,8)(H,9,10)/t13-,16?,17-,18+;/m1./s1. The van der Waals surface area contributed by atoms with Crippen LogP contribution in [0.1, 0.15) is 37.7 Å². The van der Waals surface area contributed by atoms with Gasteiger partial charge in [-0.15, -0.1) is 0 Å².